The number of carboxylic acids is 1. The molecule has 0 saturated carbocycles. The van der Waals surface area contributed by atoms with Crippen LogP contribution in [0.2, 0.25) is 10.0 Å². The molecule has 1 fully saturated rings. The van der Waals surface area contributed by atoms with E-state index < -0.39 is 18.1 Å². The molecule has 29 heavy (non-hydrogen) atoms. The maximum atomic E-state index is 12.1. The third-order valence-electron chi connectivity index (χ3n) is 5.21. The van der Waals surface area contributed by atoms with Crippen molar-refractivity contribution >= 4 is 29.2 Å². The van der Waals surface area contributed by atoms with Crippen molar-refractivity contribution in [1.29, 1.82) is 0 Å². The maximum Gasteiger partial charge on any atom is 0.320 e. The van der Waals surface area contributed by atoms with Gasteiger partial charge in [0.25, 0.3) is 0 Å². The van der Waals surface area contributed by atoms with Crippen LogP contribution in [-0.4, -0.2) is 42.3 Å². The van der Waals surface area contributed by atoms with E-state index in [-0.39, 0.29) is 0 Å². The van der Waals surface area contributed by atoms with Crippen LogP contribution in [0.5, 0.6) is 11.5 Å². The largest absolute Gasteiger partial charge is 0.496 e. The normalized spacial score (nSPS) is 18.3. The molecule has 1 N–H and O–H groups in total. The van der Waals surface area contributed by atoms with Crippen LogP contribution in [0.4, 0.5) is 0 Å². The molecule has 2 unspecified atom stereocenters. The second-order valence-corrected chi connectivity index (χ2v) is 7.86. The second-order valence-electron chi connectivity index (χ2n) is 6.99. The van der Waals surface area contributed by atoms with E-state index in [1.54, 1.807) is 25.3 Å². The Bertz CT molecular complexity index is 874. The molecule has 1 aliphatic heterocycles. The first-order chi connectivity index (χ1) is 14.0. The van der Waals surface area contributed by atoms with E-state index in [1.165, 1.54) is 0 Å². The molecule has 156 valence electrons. The standard InChI is InChI=1S/C22H25Cl2NO4/c1-3-29-20-10-8-15(24)13-17(20)21(16-12-14(23)7-9-19(16)28-2)25-11-5-4-6-18(25)22(26)27/h7-10,12-13,18,21H,3-6,11H2,1-2H3,(H,26,27). The van der Waals surface area contributed by atoms with E-state index in [0.29, 0.717) is 41.1 Å². The van der Waals surface area contributed by atoms with Gasteiger partial charge in [-0.05, 0) is 62.7 Å². The number of halogens is 2. The Kier molecular flexibility index (Phi) is 7.28. The number of ether oxygens (including phenoxy) is 2. The molecular formula is C22H25Cl2NO4. The number of carboxylic acid groups (broad SMARTS) is 1. The van der Waals surface area contributed by atoms with Crippen molar-refractivity contribution in [2.24, 2.45) is 0 Å². The molecule has 5 nitrogen and oxygen atoms in total. The average Bonchev–Trinajstić information content (AvgIpc) is 2.71. The molecule has 0 aliphatic carbocycles. The van der Waals surface area contributed by atoms with Crippen molar-refractivity contribution in [3.63, 3.8) is 0 Å². The van der Waals surface area contributed by atoms with E-state index in [4.69, 9.17) is 32.7 Å². The predicted molar refractivity (Wildman–Crippen MR) is 114 cm³/mol. The highest BCUT2D eigenvalue weighted by Crippen LogP contribution is 2.43. The number of benzene rings is 2. The lowest BCUT2D eigenvalue weighted by atomic mass is 9.90. The number of methoxy groups -OCH3 is 1. The average molecular weight is 438 g/mol. The molecule has 7 heteroatoms. The number of hydrogen-bond donors (Lipinski definition) is 1. The van der Waals surface area contributed by atoms with E-state index in [1.807, 2.05) is 30.0 Å². The minimum absolute atomic E-state index is 0.426. The lowest BCUT2D eigenvalue weighted by Gasteiger charge is -2.40. The van der Waals surface area contributed by atoms with Crippen molar-refractivity contribution in [3.05, 3.63) is 57.6 Å². The van der Waals surface area contributed by atoms with Gasteiger partial charge in [0.1, 0.15) is 17.5 Å². The SMILES string of the molecule is CCOc1ccc(Cl)cc1C(c1cc(Cl)ccc1OC)N1CCCCC1C(=O)O. The molecule has 1 heterocycles. The van der Waals surface area contributed by atoms with Crippen LogP contribution in [0.3, 0.4) is 0 Å². The second kappa shape index (κ2) is 9.70. The quantitative estimate of drug-likeness (QED) is 0.625. The molecule has 0 aromatic heterocycles. The highest BCUT2D eigenvalue weighted by Gasteiger charge is 2.37. The zero-order chi connectivity index (χ0) is 21.0. The number of likely N-dealkylation sites (tertiary alicyclic amines) is 1. The highest BCUT2D eigenvalue weighted by atomic mass is 35.5. The smallest absolute Gasteiger partial charge is 0.320 e. The van der Waals surface area contributed by atoms with Gasteiger partial charge in [-0.2, -0.15) is 0 Å². The lowest BCUT2D eigenvalue weighted by molar-refractivity contribution is -0.145. The Morgan fingerprint density at radius 2 is 1.76 bits per heavy atom. The van der Waals surface area contributed by atoms with Gasteiger partial charge >= 0.3 is 5.97 Å². The Labute approximate surface area is 181 Å². The number of nitrogens with zero attached hydrogens (tertiary/aromatic N) is 1. The molecular weight excluding hydrogens is 413 g/mol. The molecule has 2 aromatic rings. The number of piperidine rings is 1. The minimum Gasteiger partial charge on any atom is -0.496 e. The fraction of sp³-hybridized carbons (Fsp3) is 0.409. The lowest BCUT2D eigenvalue weighted by Crippen LogP contribution is -2.47. The number of carbonyl (C=O) groups is 1. The zero-order valence-electron chi connectivity index (χ0n) is 16.5. The van der Waals surface area contributed by atoms with Gasteiger partial charge in [0.05, 0.1) is 19.8 Å². The molecule has 1 saturated heterocycles. The van der Waals surface area contributed by atoms with Crippen LogP contribution < -0.4 is 9.47 Å². The van der Waals surface area contributed by atoms with Gasteiger partial charge in [-0.3, -0.25) is 9.69 Å². The van der Waals surface area contributed by atoms with E-state index in [9.17, 15) is 9.90 Å². The summed E-state index contributed by atoms with van der Waals surface area (Å²) < 4.78 is 11.5. The molecule has 0 radical (unpaired) electrons. The third-order valence-corrected chi connectivity index (χ3v) is 5.68. The predicted octanol–water partition coefficient (Wildman–Crippen LogP) is 5.43. The number of aliphatic carboxylic acids is 1. The van der Waals surface area contributed by atoms with Crippen molar-refractivity contribution in [1.82, 2.24) is 4.90 Å². The molecule has 3 rings (SSSR count). The van der Waals surface area contributed by atoms with E-state index in [2.05, 4.69) is 0 Å². The first-order valence-electron chi connectivity index (χ1n) is 9.70. The number of hydrogen-bond acceptors (Lipinski definition) is 4. The monoisotopic (exact) mass is 437 g/mol. The van der Waals surface area contributed by atoms with Gasteiger partial charge in [-0.25, -0.2) is 0 Å². The first-order valence-corrected chi connectivity index (χ1v) is 10.5. The van der Waals surface area contributed by atoms with Crippen LogP contribution >= 0.6 is 23.2 Å². The van der Waals surface area contributed by atoms with Gasteiger partial charge in [-0.15, -0.1) is 0 Å². The fourth-order valence-electron chi connectivity index (χ4n) is 3.99. The summed E-state index contributed by atoms with van der Waals surface area (Å²) in [4.78, 5) is 14.1. The molecule has 2 aromatic carbocycles. The maximum absolute atomic E-state index is 12.1. The van der Waals surface area contributed by atoms with Gasteiger partial charge in [0.2, 0.25) is 0 Å². The Morgan fingerprint density at radius 3 is 2.34 bits per heavy atom. The Balaban J connectivity index is 2.24. The summed E-state index contributed by atoms with van der Waals surface area (Å²) in [6, 6.07) is 9.78. The molecule has 2 atom stereocenters. The van der Waals surface area contributed by atoms with Crippen LogP contribution in [0.1, 0.15) is 43.4 Å². The van der Waals surface area contributed by atoms with Crippen molar-refractivity contribution in [2.75, 3.05) is 20.3 Å². The zero-order valence-corrected chi connectivity index (χ0v) is 18.0. The van der Waals surface area contributed by atoms with E-state index >= 15 is 0 Å². The topological polar surface area (TPSA) is 59.0 Å². The Morgan fingerprint density at radius 1 is 1.14 bits per heavy atom. The summed E-state index contributed by atoms with van der Waals surface area (Å²) in [6.45, 7) is 3.03. The van der Waals surface area contributed by atoms with Crippen LogP contribution in [0.25, 0.3) is 0 Å². The summed E-state index contributed by atoms with van der Waals surface area (Å²) >= 11 is 12.7. The highest BCUT2D eigenvalue weighted by molar-refractivity contribution is 6.31. The van der Waals surface area contributed by atoms with E-state index in [0.717, 1.165) is 24.0 Å². The summed E-state index contributed by atoms with van der Waals surface area (Å²) in [7, 11) is 1.59. The van der Waals surface area contributed by atoms with Gasteiger partial charge in [0.15, 0.2) is 0 Å². The first kappa shape index (κ1) is 21.8. The molecule has 1 aliphatic rings. The van der Waals surface area contributed by atoms with Crippen LogP contribution in [-0.2, 0) is 4.79 Å². The van der Waals surface area contributed by atoms with Crippen LogP contribution in [0, 0.1) is 0 Å². The summed E-state index contributed by atoms with van der Waals surface area (Å²) in [6.07, 6.45) is 2.37. The van der Waals surface area contributed by atoms with Gasteiger partial charge < -0.3 is 14.6 Å². The number of rotatable bonds is 7. The third kappa shape index (κ3) is 4.80. The molecule has 0 spiro atoms. The summed E-state index contributed by atoms with van der Waals surface area (Å²) in [5.41, 5.74) is 1.59. The van der Waals surface area contributed by atoms with Gasteiger partial charge in [-0.1, -0.05) is 29.6 Å². The van der Waals surface area contributed by atoms with Crippen molar-refractivity contribution in [3.8, 4) is 11.5 Å². The molecule has 0 bridgehead atoms. The van der Waals surface area contributed by atoms with Gasteiger partial charge in [0, 0.05) is 21.2 Å². The summed E-state index contributed by atoms with van der Waals surface area (Å²) in [5, 5.41) is 11.0. The fourth-order valence-corrected chi connectivity index (χ4v) is 4.35. The van der Waals surface area contributed by atoms with Crippen molar-refractivity contribution < 1.29 is 19.4 Å². The van der Waals surface area contributed by atoms with Crippen molar-refractivity contribution in [2.45, 2.75) is 38.3 Å². The Hall–Kier alpha value is -1.95. The minimum atomic E-state index is -0.837. The van der Waals surface area contributed by atoms with Crippen LogP contribution in [0.15, 0.2) is 36.4 Å². The molecule has 0 amide bonds. The summed E-state index contributed by atoms with van der Waals surface area (Å²) in [5.74, 6) is 0.464.